The summed E-state index contributed by atoms with van der Waals surface area (Å²) in [7, 11) is 0. The number of aliphatic hydroxyl groups is 12. The van der Waals surface area contributed by atoms with Crippen molar-refractivity contribution >= 4 is 0 Å². The molecular formula is C45H74O19. The highest BCUT2D eigenvalue weighted by molar-refractivity contribution is 5.28. The minimum absolute atomic E-state index is 0.0594. The van der Waals surface area contributed by atoms with Gasteiger partial charge in [0.1, 0.15) is 67.1 Å². The molecule has 4 aliphatic heterocycles. The van der Waals surface area contributed by atoms with Crippen LogP contribution in [0.5, 0.6) is 0 Å². The number of aliphatic hydroxyl groups excluding tert-OH is 11. The second-order valence-corrected chi connectivity index (χ2v) is 21.1. The third kappa shape index (κ3) is 8.36. The molecule has 4 heterocycles. The lowest BCUT2D eigenvalue weighted by molar-refractivity contribution is -0.365. The quantitative estimate of drug-likeness (QED) is 0.0956. The van der Waals surface area contributed by atoms with E-state index in [0.29, 0.717) is 25.7 Å². The van der Waals surface area contributed by atoms with Gasteiger partial charge in [0.05, 0.1) is 44.2 Å². The summed E-state index contributed by atoms with van der Waals surface area (Å²) >= 11 is 0. The molecule has 19 nitrogen and oxygen atoms in total. The lowest BCUT2D eigenvalue weighted by Gasteiger charge is -2.60. The van der Waals surface area contributed by atoms with E-state index in [9.17, 15) is 61.3 Å². The highest BCUT2D eigenvalue weighted by atomic mass is 16.8. The first-order valence-corrected chi connectivity index (χ1v) is 23.5. The summed E-state index contributed by atoms with van der Waals surface area (Å²) in [5, 5.41) is 127. The molecule has 0 aromatic rings. The van der Waals surface area contributed by atoms with Gasteiger partial charge in [-0.25, -0.2) is 0 Å². The van der Waals surface area contributed by atoms with E-state index in [0.717, 1.165) is 31.3 Å². The van der Waals surface area contributed by atoms with E-state index in [2.05, 4.69) is 26.8 Å². The first kappa shape index (κ1) is 49.4. The summed E-state index contributed by atoms with van der Waals surface area (Å²) < 4.78 is 42.3. The van der Waals surface area contributed by atoms with Crippen molar-refractivity contribution in [1.29, 1.82) is 0 Å². The molecule has 4 aliphatic carbocycles. The molecule has 3 saturated carbocycles. The van der Waals surface area contributed by atoms with Crippen molar-refractivity contribution in [3.8, 4) is 0 Å². The molecule has 0 aromatic heterocycles. The van der Waals surface area contributed by atoms with Gasteiger partial charge in [0, 0.05) is 24.2 Å². The van der Waals surface area contributed by atoms with Crippen molar-refractivity contribution in [1.82, 2.24) is 0 Å². The van der Waals surface area contributed by atoms with Crippen molar-refractivity contribution < 1.29 is 94.4 Å². The van der Waals surface area contributed by atoms with Crippen LogP contribution >= 0.6 is 0 Å². The fourth-order valence-corrected chi connectivity index (χ4v) is 13.6. The molecule has 0 spiro atoms. The van der Waals surface area contributed by atoms with Crippen LogP contribution in [0.2, 0.25) is 0 Å². The van der Waals surface area contributed by atoms with Crippen molar-refractivity contribution in [3.63, 3.8) is 0 Å². The van der Waals surface area contributed by atoms with Gasteiger partial charge in [-0.05, 0) is 80.5 Å². The summed E-state index contributed by atoms with van der Waals surface area (Å²) in [5.41, 5.74) is 0.442. The number of fused-ring (bicyclic) bond motifs is 7. The molecule has 0 aromatic carbocycles. The van der Waals surface area contributed by atoms with Crippen molar-refractivity contribution in [2.75, 3.05) is 19.8 Å². The van der Waals surface area contributed by atoms with Gasteiger partial charge in [0.15, 0.2) is 24.7 Å². The van der Waals surface area contributed by atoms with Crippen LogP contribution in [0.15, 0.2) is 11.6 Å². The zero-order valence-corrected chi connectivity index (χ0v) is 37.4. The molecule has 27 atom stereocenters. The van der Waals surface area contributed by atoms with Gasteiger partial charge in [-0.2, -0.15) is 0 Å². The van der Waals surface area contributed by atoms with E-state index in [1.807, 2.05) is 6.92 Å². The first-order chi connectivity index (χ1) is 30.2. The molecule has 8 rings (SSSR count). The maximum absolute atomic E-state index is 12.2. The Hall–Kier alpha value is -1.02. The summed E-state index contributed by atoms with van der Waals surface area (Å²) in [6.07, 6.45) is -15.6. The minimum Gasteiger partial charge on any atom is -0.394 e. The zero-order chi connectivity index (χ0) is 46.4. The van der Waals surface area contributed by atoms with E-state index >= 15 is 0 Å². The monoisotopic (exact) mass is 918 g/mol. The molecule has 12 N–H and O–H groups in total. The van der Waals surface area contributed by atoms with Crippen LogP contribution in [0.1, 0.15) is 86.0 Å². The molecule has 0 amide bonds. The van der Waals surface area contributed by atoms with Crippen LogP contribution in [0.3, 0.4) is 0 Å². The maximum atomic E-state index is 12.2. The van der Waals surface area contributed by atoms with Crippen molar-refractivity contribution in [2.24, 2.45) is 46.3 Å². The molecule has 64 heavy (non-hydrogen) atoms. The van der Waals surface area contributed by atoms with Gasteiger partial charge in [-0.1, -0.05) is 39.3 Å². The third-order valence-electron chi connectivity index (χ3n) is 17.4. The van der Waals surface area contributed by atoms with Crippen LogP contribution in [0.25, 0.3) is 0 Å². The van der Waals surface area contributed by atoms with Gasteiger partial charge < -0.3 is 94.4 Å². The highest BCUT2D eigenvalue weighted by Gasteiger charge is 2.69. The van der Waals surface area contributed by atoms with Crippen LogP contribution in [0, 0.1) is 46.3 Å². The molecule has 5 unspecified atom stereocenters. The average Bonchev–Trinajstić information content (AvgIpc) is 3.70. The van der Waals surface area contributed by atoms with E-state index < -0.39 is 129 Å². The molecule has 19 heteroatoms. The molecule has 7 fully saturated rings. The van der Waals surface area contributed by atoms with Crippen molar-refractivity contribution in [2.45, 2.75) is 202 Å². The summed E-state index contributed by atoms with van der Waals surface area (Å²) in [4.78, 5) is 0. The topological polar surface area (TPSA) is 307 Å². The molecule has 0 bridgehead atoms. The molecule has 368 valence electrons. The first-order valence-electron chi connectivity index (χ1n) is 23.5. The standard InChI is InChI=1S/C45H74O19/c1-18(17-58-42-39(36(54)33(51)28(16-47)61-42)63-40-37(55)34(52)31(49)20(3)59-40)8-11-45(57)19(2)30-26(64-45)14-25-23-7-6-21-12-22(48)13-29(44(21,5)24(23)9-10-43(25,30)4)62-41-38(56)35(53)32(50)27(15-46)60-41/h6,18-20,22-42,46-57H,7-17H2,1-5H3/t18-,19+,20+,22-,23?,24?,25?,26+,27-,28-,29-,30+,31+,32+,33-,34-,35+,36+,37-,38-,39-,40?,41+,42?,43+,44+,45+/m1/s1. The lowest BCUT2D eigenvalue weighted by Crippen LogP contribution is -2.64. The molecular weight excluding hydrogens is 844 g/mol. The summed E-state index contributed by atoms with van der Waals surface area (Å²) in [6.45, 7) is 8.84. The Morgan fingerprint density at radius 1 is 0.750 bits per heavy atom. The SMILES string of the molecule is C[C@H](CC[C@]1(O)O[C@H]2CC3C4CC=C5C[C@@H](O)C[C@@H](O[C@@H]6O[C@H](CO)[C@H](O)[C@H](O)[C@H]6O)[C@]5(C)C4CC[C@]3(C)[C@H]2[C@@H]1C)COC1O[C@H](CO)[C@@H](O)[C@H](O)[C@H]1OC1O[C@@H](C)[C@H](O)[C@@H](O)[C@H]1O. The fourth-order valence-electron chi connectivity index (χ4n) is 13.6. The predicted molar refractivity (Wildman–Crippen MR) is 219 cm³/mol. The second kappa shape index (κ2) is 18.7. The Balaban J connectivity index is 0.904. The zero-order valence-electron chi connectivity index (χ0n) is 37.4. The van der Waals surface area contributed by atoms with Gasteiger partial charge in [0.2, 0.25) is 0 Å². The van der Waals surface area contributed by atoms with Crippen LogP contribution in [-0.4, -0.2) is 197 Å². The largest absolute Gasteiger partial charge is 0.394 e. The molecule has 0 radical (unpaired) electrons. The number of ether oxygens (including phenoxy) is 7. The van der Waals surface area contributed by atoms with E-state index in [-0.39, 0.29) is 53.6 Å². The number of hydrogen-bond donors (Lipinski definition) is 12. The molecule has 8 aliphatic rings. The summed E-state index contributed by atoms with van der Waals surface area (Å²) in [5.74, 6) is -1.01. The van der Waals surface area contributed by atoms with Crippen LogP contribution < -0.4 is 0 Å². The minimum atomic E-state index is -1.69. The fraction of sp³-hybridized carbons (Fsp3) is 0.956. The second-order valence-electron chi connectivity index (χ2n) is 21.1. The number of allylic oxidation sites excluding steroid dienone is 1. The Bertz CT molecular complexity index is 1640. The normalized spacial score (nSPS) is 55.5. The van der Waals surface area contributed by atoms with Crippen LogP contribution in [0.4, 0.5) is 0 Å². The van der Waals surface area contributed by atoms with Gasteiger partial charge in [0.25, 0.3) is 0 Å². The van der Waals surface area contributed by atoms with E-state index in [1.165, 1.54) is 6.92 Å². The Morgan fingerprint density at radius 3 is 2.05 bits per heavy atom. The Morgan fingerprint density at radius 2 is 1.38 bits per heavy atom. The third-order valence-corrected chi connectivity index (χ3v) is 17.4. The van der Waals surface area contributed by atoms with Crippen LogP contribution in [-0.2, 0) is 33.2 Å². The smallest absolute Gasteiger partial charge is 0.187 e. The lowest BCUT2D eigenvalue weighted by atomic mass is 9.46. The maximum Gasteiger partial charge on any atom is 0.187 e. The summed E-state index contributed by atoms with van der Waals surface area (Å²) in [6, 6.07) is 0. The van der Waals surface area contributed by atoms with E-state index in [1.54, 1.807) is 0 Å². The molecule has 4 saturated heterocycles. The van der Waals surface area contributed by atoms with Gasteiger partial charge >= 0.3 is 0 Å². The van der Waals surface area contributed by atoms with Crippen molar-refractivity contribution in [3.05, 3.63) is 11.6 Å². The Labute approximate surface area is 373 Å². The highest BCUT2D eigenvalue weighted by Crippen LogP contribution is 2.70. The number of rotatable bonds is 12. The van der Waals surface area contributed by atoms with Gasteiger partial charge in [-0.3, -0.25) is 0 Å². The number of hydrogen-bond acceptors (Lipinski definition) is 19. The average molecular weight is 919 g/mol. The Kier molecular flexibility index (Phi) is 14.4. The predicted octanol–water partition coefficient (Wildman–Crippen LogP) is -1.86. The van der Waals surface area contributed by atoms with E-state index in [4.69, 9.17) is 33.2 Å². The van der Waals surface area contributed by atoms with Gasteiger partial charge in [-0.15, -0.1) is 0 Å².